The molecule has 0 atom stereocenters. The SMILES string of the molecule is CCCn1c(O)c(C=NNC(=O)Cc2ccc(F)cc2)c(=O)[nH]c1=S. The first-order valence-electron chi connectivity index (χ1n) is 7.54. The number of carbonyl (C=O) groups is 1. The largest absolute Gasteiger partial charge is 0.494 e. The number of aromatic amines is 1. The molecule has 2 aromatic rings. The van der Waals surface area contributed by atoms with Crippen LogP contribution < -0.4 is 11.0 Å². The van der Waals surface area contributed by atoms with E-state index in [0.29, 0.717) is 18.5 Å². The maximum absolute atomic E-state index is 12.8. The average molecular weight is 364 g/mol. The smallest absolute Gasteiger partial charge is 0.264 e. The van der Waals surface area contributed by atoms with Gasteiger partial charge in [-0.05, 0) is 36.3 Å². The Balaban J connectivity index is 2.10. The van der Waals surface area contributed by atoms with Crippen LogP contribution in [0.2, 0.25) is 0 Å². The van der Waals surface area contributed by atoms with Crippen molar-refractivity contribution >= 4 is 24.3 Å². The Hall–Kier alpha value is -2.81. The molecule has 0 radical (unpaired) electrons. The Kier molecular flexibility index (Phi) is 6.18. The van der Waals surface area contributed by atoms with E-state index >= 15 is 0 Å². The first kappa shape index (κ1) is 18.5. The third kappa shape index (κ3) is 4.83. The number of H-pyrrole nitrogens is 1. The number of aromatic nitrogens is 2. The van der Waals surface area contributed by atoms with E-state index in [-0.39, 0.29) is 28.5 Å². The summed E-state index contributed by atoms with van der Waals surface area (Å²) in [6.07, 6.45) is 1.76. The third-order valence-electron chi connectivity index (χ3n) is 3.31. The molecule has 1 amide bonds. The maximum atomic E-state index is 12.8. The first-order chi connectivity index (χ1) is 11.9. The van der Waals surface area contributed by atoms with Gasteiger partial charge in [0.25, 0.3) is 5.56 Å². The highest BCUT2D eigenvalue weighted by Gasteiger charge is 2.10. The van der Waals surface area contributed by atoms with Crippen molar-refractivity contribution in [2.24, 2.45) is 5.10 Å². The highest BCUT2D eigenvalue weighted by atomic mass is 32.1. The number of carbonyl (C=O) groups excluding carboxylic acids is 1. The lowest BCUT2D eigenvalue weighted by atomic mass is 10.1. The minimum atomic E-state index is -0.605. The Bertz CT molecular complexity index is 903. The normalized spacial score (nSPS) is 11.0. The van der Waals surface area contributed by atoms with Crippen molar-refractivity contribution in [3.63, 3.8) is 0 Å². The van der Waals surface area contributed by atoms with E-state index < -0.39 is 11.5 Å². The summed E-state index contributed by atoms with van der Waals surface area (Å²) in [4.78, 5) is 26.1. The van der Waals surface area contributed by atoms with Gasteiger partial charge in [-0.25, -0.2) is 9.82 Å². The second kappa shape index (κ2) is 8.34. The van der Waals surface area contributed by atoms with E-state index in [4.69, 9.17) is 12.2 Å². The predicted molar refractivity (Wildman–Crippen MR) is 93.7 cm³/mol. The number of halogens is 1. The second-order valence-corrected chi connectivity index (χ2v) is 5.63. The average Bonchev–Trinajstić information content (AvgIpc) is 2.56. The van der Waals surface area contributed by atoms with Gasteiger partial charge in [-0.15, -0.1) is 0 Å². The number of amides is 1. The van der Waals surface area contributed by atoms with Crippen molar-refractivity contribution in [1.29, 1.82) is 0 Å². The third-order valence-corrected chi connectivity index (χ3v) is 3.64. The molecule has 0 bridgehead atoms. The van der Waals surface area contributed by atoms with Crippen LogP contribution in [0.4, 0.5) is 4.39 Å². The molecular formula is C16H17FN4O3S. The van der Waals surface area contributed by atoms with Gasteiger partial charge < -0.3 is 5.11 Å². The Morgan fingerprint density at radius 3 is 2.76 bits per heavy atom. The fourth-order valence-corrected chi connectivity index (χ4v) is 2.39. The number of benzene rings is 1. The lowest BCUT2D eigenvalue weighted by Crippen LogP contribution is -2.22. The Labute approximate surface area is 147 Å². The molecule has 2 rings (SSSR count). The summed E-state index contributed by atoms with van der Waals surface area (Å²) in [7, 11) is 0. The van der Waals surface area contributed by atoms with Crippen LogP contribution >= 0.6 is 12.2 Å². The molecule has 1 heterocycles. The molecule has 0 aliphatic rings. The van der Waals surface area contributed by atoms with Gasteiger partial charge >= 0.3 is 0 Å². The standard InChI is InChI=1S/C16H17FN4O3S/c1-2-7-21-15(24)12(14(23)19-16(21)25)9-18-20-13(22)8-10-3-5-11(17)6-4-10/h3-6,9,24H,2,7-8H2,1H3,(H,20,22)(H,19,23,25). The molecule has 0 aliphatic carbocycles. The van der Waals surface area contributed by atoms with Gasteiger partial charge in [0.1, 0.15) is 11.4 Å². The molecule has 7 nitrogen and oxygen atoms in total. The molecule has 132 valence electrons. The Morgan fingerprint density at radius 1 is 1.44 bits per heavy atom. The number of nitrogens with zero attached hydrogens (tertiary/aromatic N) is 2. The van der Waals surface area contributed by atoms with Crippen molar-refractivity contribution in [2.45, 2.75) is 26.3 Å². The zero-order chi connectivity index (χ0) is 18.4. The van der Waals surface area contributed by atoms with Crippen LogP contribution in [0.3, 0.4) is 0 Å². The molecular weight excluding hydrogens is 347 g/mol. The number of aromatic hydroxyl groups is 1. The fourth-order valence-electron chi connectivity index (χ4n) is 2.12. The number of hydrogen-bond donors (Lipinski definition) is 3. The molecule has 25 heavy (non-hydrogen) atoms. The second-order valence-electron chi connectivity index (χ2n) is 5.24. The number of hydrogen-bond acceptors (Lipinski definition) is 5. The number of rotatable bonds is 6. The highest BCUT2D eigenvalue weighted by Crippen LogP contribution is 2.11. The van der Waals surface area contributed by atoms with Crippen LogP contribution in [0.5, 0.6) is 5.88 Å². The molecule has 9 heteroatoms. The molecule has 0 aliphatic heterocycles. The van der Waals surface area contributed by atoms with E-state index in [9.17, 15) is 19.1 Å². The van der Waals surface area contributed by atoms with Gasteiger partial charge in [-0.1, -0.05) is 19.1 Å². The summed E-state index contributed by atoms with van der Waals surface area (Å²) in [5.74, 6) is -1.14. The van der Waals surface area contributed by atoms with Crippen LogP contribution in [0.25, 0.3) is 0 Å². The molecule has 0 fully saturated rings. The Morgan fingerprint density at radius 2 is 2.12 bits per heavy atom. The topological polar surface area (TPSA) is 99.5 Å². The van der Waals surface area contributed by atoms with Crippen molar-refractivity contribution < 1.29 is 14.3 Å². The van der Waals surface area contributed by atoms with Gasteiger partial charge in [-0.2, -0.15) is 5.10 Å². The molecule has 0 saturated heterocycles. The molecule has 0 spiro atoms. The first-order valence-corrected chi connectivity index (χ1v) is 7.95. The lowest BCUT2D eigenvalue weighted by molar-refractivity contribution is -0.120. The predicted octanol–water partition coefficient (Wildman–Crippen LogP) is 1.85. The number of nitrogens with one attached hydrogen (secondary N) is 2. The molecule has 1 aromatic carbocycles. The van der Waals surface area contributed by atoms with Crippen molar-refractivity contribution in [1.82, 2.24) is 15.0 Å². The van der Waals surface area contributed by atoms with Crippen molar-refractivity contribution in [3.8, 4) is 5.88 Å². The van der Waals surface area contributed by atoms with E-state index in [1.54, 1.807) is 0 Å². The fraction of sp³-hybridized carbons (Fsp3) is 0.250. The zero-order valence-electron chi connectivity index (χ0n) is 13.5. The lowest BCUT2D eigenvalue weighted by Gasteiger charge is -2.09. The van der Waals surface area contributed by atoms with Gasteiger partial charge in [0, 0.05) is 6.54 Å². The quantitative estimate of drug-likeness (QED) is 0.414. The summed E-state index contributed by atoms with van der Waals surface area (Å²) in [5.41, 5.74) is 2.16. The summed E-state index contributed by atoms with van der Waals surface area (Å²) >= 11 is 4.99. The van der Waals surface area contributed by atoms with Gasteiger partial charge in [-0.3, -0.25) is 19.1 Å². The van der Waals surface area contributed by atoms with E-state index in [1.807, 2.05) is 6.92 Å². The van der Waals surface area contributed by atoms with Gasteiger partial charge in [0.15, 0.2) is 4.77 Å². The monoisotopic (exact) mass is 364 g/mol. The minimum absolute atomic E-state index is 0.000885. The van der Waals surface area contributed by atoms with E-state index in [0.717, 1.165) is 6.21 Å². The van der Waals surface area contributed by atoms with Crippen molar-refractivity contribution in [3.05, 3.63) is 56.3 Å². The van der Waals surface area contributed by atoms with Gasteiger partial charge in [0.2, 0.25) is 11.8 Å². The minimum Gasteiger partial charge on any atom is -0.494 e. The maximum Gasteiger partial charge on any atom is 0.264 e. The van der Waals surface area contributed by atoms with Crippen LogP contribution in [-0.2, 0) is 17.8 Å². The van der Waals surface area contributed by atoms with E-state index in [1.165, 1.54) is 28.8 Å². The van der Waals surface area contributed by atoms with Crippen LogP contribution in [0, 0.1) is 10.6 Å². The molecule has 0 saturated carbocycles. The summed E-state index contributed by atoms with van der Waals surface area (Å²) < 4.78 is 14.3. The van der Waals surface area contributed by atoms with Crippen LogP contribution in [0.1, 0.15) is 24.5 Å². The van der Waals surface area contributed by atoms with Crippen LogP contribution in [0.15, 0.2) is 34.2 Å². The highest BCUT2D eigenvalue weighted by molar-refractivity contribution is 7.71. The molecule has 0 unspecified atom stereocenters. The summed E-state index contributed by atoms with van der Waals surface area (Å²) in [6.45, 7) is 2.33. The zero-order valence-corrected chi connectivity index (χ0v) is 14.3. The van der Waals surface area contributed by atoms with Crippen LogP contribution in [-0.4, -0.2) is 26.8 Å². The molecule has 3 N–H and O–H groups in total. The van der Waals surface area contributed by atoms with Crippen molar-refractivity contribution in [2.75, 3.05) is 0 Å². The summed E-state index contributed by atoms with van der Waals surface area (Å²) in [6, 6.07) is 5.49. The molecule has 1 aromatic heterocycles. The van der Waals surface area contributed by atoms with Gasteiger partial charge in [0.05, 0.1) is 12.6 Å². The number of hydrazone groups is 1. The summed E-state index contributed by atoms with van der Waals surface area (Å²) in [5, 5.41) is 13.8. The van der Waals surface area contributed by atoms with E-state index in [2.05, 4.69) is 15.5 Å².